The molecule has 0 aromatic carbocycles. The molecule has 0 aliphatic carbocycles. The molecule has 3 rings (SSSR count). The van der Waals surface area contributed by atoms with Gasteiger partial charge in [-0.15, -0.1) is 0 Å². The molecule has 3 heterocycles. The molecule has 2 fully saturated rings. The summed E-state index contributed by atoms with van der Waals surface area (Å²) in [5.74, 6) is 1.27. The highest BCUT2D eigenvalue weighted by atomic mass is 16.5. The van der Waals surface area contributed by atoms with Crippen molar-refractivity contribution in [3.8, 4) is 5.88 Å². The summed E-state index contributed by atoms with van der Waals surface area (Å²) in [6, 6.07) is 1.84. The predicted molar refractivity (Wildman–Crippen MR) is 87.5 cm³/mol. The van der Waals surface area contributed by atoms with Crippen molar-refractivity contribution in [1.29, 1.82) is 0 Å². The van der Waals surface area contributed by atoms with E-state index in [0.717, 1.165) is 18.5 Å². The second-order valence-corrected chi connectivity index (χ2v) is 6.71. The standard InChI is InChI=1S/C17H24N4O3/c1-11-8-15(19-12(2)18-11)24-14-4-6-21(7-5-14)17(23)13-9-16(22)20(3)10-13/h8,13-14H,4-7,9-10H2,1-3H3. The summed E-state index contributed by atoms with van der Waals surface area (Å²) >= 11 is 0. The van der Waals surface area contributed by atoms with Crippen LogP contribution in [0.25, 0.3) is 0 Å². The average Bonchev–Trinajstić information content (AvgIpc) is 2.86. The van der Waals surface area contributed by atoms with E-state index in [-0.39, 0.29) is 23.8 Å². The lowest BCUT2D eigenvalue weighted by atomic mass is 10.0. The van der Waals surface area contributed by atoms with E-state index in [4.69, 9.17) is 4.74 Å². The maximum Gasteiger partial charge on any atom is 0.227 e. The van der Waals surface area contributed by atoms with Gasteiger partial charge in [-0.25, -0.2) is 4.98 Å². The Bertz CT molecular complexity index is 620. The molecular weight excluding hydrogens is 308 g/mol. The van der Waals surface area contributed by atoms with Crippen molar-refractivity contribution < 1.29 is 14.3 Å². The van der Waals surface area contributed by atoms with E-state index in [1.54, 1.807) is 11.9 Å². The van der Waals surface area contributed by atoms with Crippen LogP contribution in [0.3, 0.4) is 0 Å². The molecule has 1 atom stereocenters. The number of piperidine rings is 1. The third-order valence-corrected chi connectivity index (χ3v) is 4.67. The Hall–Kier alpha value is -2.18. The first kappa shape index (κ1) is 16.7. The van der Waals surface area contributed by atoms with Gasteiger partial charge in [-0.2, -0.15) is 4.98 Å². The van der Waals surface area contributed by atoms with E-state index in [1.165, 1.54) is 0 Å². The van der Waals surface area contributed by atoms with Crippen LogP contribution in [-0.2, 0) is 9.59 Å². The molecule has 24 heavy (non-hydrogen) atoms. The molecule has 2 saturated heterocycles. The number of carbonyl (C=O) groups excluding carboxylic acids is 2. The number of aromatic nitrogens is 2. The molecular formula is C17H24N4O3. The largest absolute Gasteiger partial charge is 0.474 e. The van der Waals surface area contributed by atoms with E-state index in [0.29, 0.717) is 37.8 Å². The lowest BCUT2D eigenvalue weighted by Gasteiger charge is -2.33. The van der Waals surface area contributed by atoms with Gasteiger partial charge in [0.25, 0.3) is 0 Å². The van der Waals surface area contributed by atoms with Gasteiger partial charge in [0, 0.05) is 57.7 Å². The van der Waals surface area contributed by atoms with Gasteiger partial charge in [-0.05, 0) is 13.8 Å². The second-order valence-electron chi connectivity index (χ2n) is 6.71. The highest BCUT2D eigenvalue weighted by Crippen LogP contribution is 2.23. The van der Waals surface area contributed by atoms with Crippen LogP contribution < -0.4 is 4.74 Å². The molecule has 2 aliphatic heterocycles. The second kappa shape index (κ2) is 6.75. The molecule has 2 amide bonds. The monoisotopic (exact) mass is 332 g/mol. The summed E-state index contributed by atoms with van der Waals surface area (Å²) in [6.07, 6.45) is 1.97. The number of nitrogens with zero attached hydrogens (tertiary/aromatic N) is 4. The van der Waals surface area contributed by atoms with Gasteiger partial charge in [0.15, 0.2) is 0 Å². The van der Waals surface area contributed by atoms with Crippen molar-refractivity contribution >= 4 is 11.8 Å². The highest BCUT2D eigenvalue weighted by Gasteiger charge is 2.36. The number of likely N-dealkylation sites (tertiary alicyclic amines) is 2. The maximum absolute atomic E-state index is 12.5. The van der Waals surface area contributed by atoms with E-state index in [1.807, 2.05) is 24.8 Å². The normalized spacial score (nSPS) is 22.1. The summed E-state index contributed by atoms with van der Waals surface area (Å²) < 4.78 is 5.95. The first-order chi connectivity index (χ1) is 11.4. The Morgan fingerprint density at radius 2 is 1.96 bits per heavy atom. The van der Waals surface area contributed by atoms with Crippen molar-refractivity contribution in [3.63, 3.8) is 0 Å². The molecule has 1 aromatic rings. The topological polar surface area (TPSA) is 75.6 Å². The molecule has 1 unspecified atom stereocenters. The Morgan fingerprint density at radius 3 is 2.54 bits per heavy atom. The van der Waals surface area contributed by atoms with Gasteiger partial charge in [0.05, 0.1) is 5.92 Å². The molecule has 2 aliphatic rings. The number of amides is 2. The Balaban J connectivity index is 1.52. The highest BCUT2D eigenvalue weighted by molar-refractivity contribution is 5.89. The van der Waals surface area contributed by atoms with Crippen LogP contribution in [0.5, 0.6) is 5.88 Å². The quantitative estimate of drug-likeness (QED) is 0.823. The number of carbonyl (C=O) groups is 2. The van der Waals surface area contributed by atoms with Crippen molar-refractivity contribution in [1.82, 2.24) is 19.8 Å². The minimum Gasteiger partial charge on any atom is -0.474 e. The first-order valence-corrected chi connectivity index (χ1v) is 8.44. The molecule has 0 saturated carbocycles. The molecule has 1 aromatic heterocycles. The van der Waals surface area contributed by atoms with Crippen LogP contribution >= 0.6 is 0 Å². The first-order valence-electron chi connectivity index (χ1n) is 8.44. The maximum atomic E-state index is 12.5. The summed E-state index contributed by atoms with van der Waals surface area (Å²) in [5, 5.41) is 0. The zero-order chi connectivity index (χ0) is 17.3. The van der Waals surface area contributed by atoms with Crippen LogP contribution in [0.15, 0.2) is 6.07 Å². The Labute approximate surface area is 142 Å². The number of hydrogen-bond acceptors (Lipinski definition) is 5. The average molecular weight is 332 g/mol. The van der Waals surface area contributed by atoms with Crippen molar-refractivity contribution in [2.45, 2.75) is 39.2 Å². The summed E-state index contributed by atoms with van der Waals surface area (Å²) in [6.45, 7) is 5.64. The van der Waals surface area contributed by atoms with Gasteiger partial charge >= 0.3 is 0 Å². The fraction of sp³-hybridized carbons (Fsp3) is 0.647. The summed E-state index contributed by atoms with van der Waals surface area (Å²) in [5.41, 5.74) is 0.889. The molecule has 0 spiro atoms. The molecule has 130 valence electrons. The summed E-state index contributed by atoms with van der Waals surface area (Å²) in [4.78, 5) is 36.2. The number of hydrogen-bond donors (Lipinski definition) is 0. The van der Waals surface area contributed by atoms with Crippen LogP contribution in [0, 0.1) is 19.8 Å². The van der Waals surface area contributed by atoms with Gasteiger partial charge in [0.1, 0.15) is 11.9 Å². The zero-order valence-electron chi connectivity index (χ0n) is 14.5. The third kappa shape index (κ3) is 3.66. The van der Waals surface area contributed by atoms with Gasteiger partial charge < -0.3 is 14.5 Å². The predicted octanol–water partition coefficient (Wildman–Crippen LogP) is 0.942. The smallest absolute Gasteiger partial charge is 0.227 e. The van der Waals surface area contributed by atoms with Crippen LogP contribution in [0.1, 0.15) is 30.8 Å². The van der Waals surface area contributed by atoms with Gasteiger partial charge in [0.2, 0.25) is 17.7 Å². The van der Waals surface area contributed by atoms with E-state index in [9.17, 15) is 9.59 Å². The van der Waals surface area contributed by atoms with Crippen molar-refractivity contribution in [2.75, 3.05) is 26.7 Å². The summed E-state index contributed by atoms with van der Waals surface area (Å²) in [7, 11) is 1.75. The molecule has 0 radical (unpaired) electrons. The molecule has 0 N–H and O–H groups in total. The fourth-order valence-electron chi connectivity index (χ4n) is 3.40. The van der Waals surface area contributed by atoms with E-state index >= 15 is 0 Å². The Morgan fingerprint density at radius 1 is 1.25 bits per heavy atom. The van der Waals surface area contributed by atoms with Crippen molar-refractivity contribution in [3.05, 3.63) is 17.6 Å². The van der Waals surface area contributed by atoms with E-state index < -0.39 is 0 Å². The van der Waals surface area contributed by atoms with Gasteiger partial charge in [-0.3, -0.25) is 9.59 Å². The van der Waals surface area contributed by atoms with E-state index in [2.05, 4.69) is 9.97 Å². The number of ether oxygens (including phenoxy) is 1. The molecule has 7 heteroatoms. The van der Waals surface area contributed by atoms with Crippen LogP contribution in [0.4, 0.5) is 0 Å². The molecule has 0 bridgehead atoms. The third-order valence-electron chi connectivity index (χ3n) is 4.67. The minimum absolute atomic E-state index is 0.0565. The van der Waals surface area contributed by atoms with Crippen LogP contribution in [0.2, 0.25) is 0 Å². The van der Waals surface area contributed by atoms with Gasteiger partial charge in [-0.1, -0.05) is 0 Å². The number of rotatable bonds is 3. The lowest BCUT2D eigenvalue weighted by Crippen LogP contribution is -2.44. The number of aryl methyl sites for hydroxylation is 2. The molecule has 7 nitrogen and oxygen atoms in total. The SMILES string of the molecule is Cc1cc(OC2CCN(C(=O)C3CC(=O)N(C)C3)CC2)nc(C)n1. The van der Waals surface area contributed by atoms with Crippen molar-refractivity contribution in [2.24, 2.45) is 5.92 Å². The minimum atomic E-state index is -0.188. The Kier molecular flexibility index (Phi) is 4.69. The zero-order valence-corrected chi connectivity index (χ0v) is 14.5. The lowest BCUT2D eigenvalue weighted by molar-refractivity contribution is -0.137. The fourth-order valence-corrected chi connectivity index (χ4v) is 3.40. The van der Waals surface area contributed by atoms with Crippen LogP contribution in [-0.4, -0.2) is 64.4 Å².